The van der Waals surface area contributed by atoms with E-state index in [1.807, 2.05) is 0 Å². The Kier molecular flexibility index (Phi) is 4.39. The first-order valence-corrected chi connectivity index (χ1v) is 9.59. The predicted molar refractivity (Wildman–Crippen MR) is 89.2 cm³/mol. The Morgan fingerprint density at radius 1 is 1.48 bits per heavy atom. The number of likely N-dealkylation sites (tertiary alicyclic amines) is 1. The molecule has 1 aliphatic carbocycles. The molecule has 2 aliphatic heterocycles. The van der Waals surface area contributed by atoms with Crippen molar-refractivity contribution in [1.82, 2.24) is 15.2 Å². The van der Waals surface area contributed by atoms with Crippen molar-refractivity contribution in [2.75, 3.05) is 19.6 Å². The molecule has 1 amide bonds. The van der Waals surface area contributed by atoms with Crippen LogP contribution in [0.25, 0.3) is 0 Å². The summed E-state index contributed by atoms with van der Waals surface area (Å²) in [5, 5.41) is 6.33. The zero-order chi connectivity index (χ0) is 15.8. The van der Waals surface area contributed by atoms with Gasteiger partial charge in [-0.3, -0.25) is 9.69 Å². The molecule has 0 radical (unpaired) electrons. The maximum atomic E-state index is 12.0. The van der Waals surface area contributed by atoms with Crippen LogP contribution in [-0.2, 0) is 16.1 Å². The van der Waals surface area contributed by atoms with Crippen molar-refractivity contribution in [2.24, 2.45) is 11.8 Å². The van der Waals surface area contributed by atoms with Crippen LogP contribution in [0.1, 0.15) is 36.4 Å². The first-order valence-electron chi connectivity index (χ1n) is 8.71. The van der Waals surface area contributed by atoms with Crippen LogP contribution in [0.15, 0.2) is 5.38 Å². The van der Waals surface area contributed by atoms with Crippen LogP contribution in [0.5, 0.6) is 0 Å². The number of fused-ring (bicyclic) bond motifs is 1. The minimum Gasteiger partial charge on any atom is -0.373 e. The number of thiazole rings is 1. The summed E-state index contributed by atoms with van der Waals surface area (Å²) in [6, 6.07) is 0. The highest BCUT2D eigenvalue weighted by Gasteiger charge is 2.42. The molecule has 1 aromatic rings. The topological polar surface area (TPSA) is 54.5 Å². The van der Waals surface area contributed by atoms with Crippen molar-refractivity contribution in [3.8, 4) is 0 Å². The molecule has 6 heteroatoms. The van der Waals surface area contributed by atoms with E-state index in [1.54, 1.807) is 11.3 Å². The molecule has 1 saturated carbocycles. The predicted octanol–water partition coefficient (Wildman–Crippen LogP) is 1.96. The Bertz CT molecular complexity index is 558. The lowest BCUT2D eigenvalue weighted by Gasteiger charge is -2.18. The summed E-state index contributed by atoms with van der Waals surface area (Å²) in [7, 11) is 0. The van der Waals surface area contributed by atoms with Crippen molar-refractivity contribution >= 4 is 17.2 Å². The summed E-state index contributed by atoms with van der Waals surface area (Å²) >= 11 is 1.71. The highest BCUT2D eigenvalue weighted by atomic mass is 32.1. The number of carbonyl (C=O) groups is 1. The lowest BCUT2D eigenvalue weighted by atomic mass is 10.0. The number of nitrogens with zero attached hydrogens (tertiary/aromatic N) is 2. The fraction of sp³-hybridized carbons (Fsp3) is 0.765. The summed E-state index contributed by atoms with van der Waals surface area (Å²) in [6.07, 6.45) is 4.53. The first-order chi connectivity index (χ1) is 11.2. The van der Waals surface area contributed by atoms with E-state index in [4.69, 9.17) is 4.74 Å². The van der Waals surface area contributed by atoms with Crippen molar-refractivity contribution in [3.05, 3.63) is 16.1 Å². The van der Waals surface area contributed by atoms with Crippen LogP contribution >= 0.6 is 11.3 Å². The van der Waals surface area contributed by atoms with Gasteiger partial charge in [-0.05, 0) is 32.1 Å². The maximum absolute atomic E-state index is 12.0. The number of carbonyl (C=O) groups excluding carboxylic acids is 1. The van der Waals surface area contributed by atoms with Crippen molar-refractivity contribution in [1.29, 1.82) is 0 Å². The lowest BCUT2D eigenvalue weighted by molar-refractivity contribution is -0.123. The summed E-state index contributed by atoms with van der Waals surface area (Å²) in [5.74, 6) is 1.48. The quantitative estimate of drug-likeness (QED) is 0.863. The van der Waals surface area contributed by atoms with Gasteiger partial charge in [0, 0.05) is 37.5 Å². The van der Waals surface area contributed by atoms with Crippen LogP contribution < -0.4 is 5.32 Å². The third kappa shape index (κ3) is 3.92. The summed E-state index contributed by atoms with van der Waals surface area (Å²) in [6.45, 7) is 5.88. The molecule has 5 nitrogen and oxygen atoms in total. The second-order valence-electron chi connectivity index (χ2n) is 7.30. The Balaban J connectivity index is 1.21. The number of aromatic nitrogens is 1. The molecular weight excluding hydrogens is 310 g/mol. The zero-order valence-corrected chi connectivity index (χ0v) is 14.5. The van der Waals surface area contributed by atoms with Crippen LogP contribution in [0, 0.1) is 18.8 Å². The van der Waals surface area contributed by atoms with E-state index < -0.39 is 0 Å². The largest absolute Gasteiger partial charge is 0.373 e. The molecule has 2 saturated heterocycles. The van der Waals surface area contributed by atoms with E-state index >= 15 is 0 Å². The van der Waals surface area contributed by atoms with E-state index in [0.717, 1.165) is 43.5 Å². The average molecular weight is 335 g/mol. The molecular formula is C17H25N3O2S. The van der Waals surface area contributed by atoms with Gasteiger partial charge >= 0.3 is 0 Å². The number of hydrogen-bond acceptors (Lipinski definition) is 5. The van der Waals surface area contributed by atoms with Gasteiger partial charge in [-0.25, -0.2) is 4.98 Å². The van der Waals surface area contributed by atoms with Crippen molar-refractivity contribution < 1.29 is 9.53 Å². The molecule has 1 N–H and O–H groups in total. The van der Waals surface area contributed by atoms with Gasteiger partial charge in [0.05, 0.1) is 29.3 Å². The number of hydrogen-bond donors (Lipinski definition) is 1. The van der Waals surface area contributed by atoms with Crippen LogP contribution in [0.2, 0.25) is 0 Å². The SMILES string of the molecule is Cc1nc(CN2C[C@@H]3C[C@H](CC(=O)NCC4CC4)O[C@@H]3C2)cs1. The molecule has 4 rings (SSSR count). The fourth-order valence-corrected chi connectivity index (χ4v) is 4.38. The standard InChI is InChI=1S/C17H25N3O2S/c1-11-19-14(10-23-11)8-20-7-13-4-15(22-16(13)9-20)5-17(21)18-6-12-2-3-12/h10,12-13,15-16H,2-9H2,1H3,(H,18,21)/t13-,15+,16+/m0/s1. The third-order valence-corrected chi connectivity index (χ3v) is 5.96. The number of ether oxygens (including phenoxy) is 1. The molecule has 3 atom stereocenters. The maximum Gasteiger partial charge on any atom is 0.222 e. The van der Waals surface area contributed by atoms with Gasteiger partial charge in [0.15, 0.2) is 0 Å². The normalized spacial score (nSPS) is 30.6. The average Bonchev–Trinajstić information content (AvgIpc) is 2.98. The van der Waals surface area contributed by atoms with Crippen molar-refractivity contribution in [3.63, 3.8) is 0 Å². The number of aryl methyl sites for hydroxylation is 1. The van der Waals surface area contributed by atoms with E-state index in [2.05, 4.69) is 27.5 Å². The van der Waals surface area contributed by atoms with Gasteiger partial charge in [0.2, 0.25) is 5.91 Å². The summed E-state index contributed by atoms with van der Waals surface area (Å²) in [4.78, 5) is 18.9. The minimum atomic E-state index is 0.118. The molecule has 126 valence electrons. The molecule has 23 heavy (non-hydrogen) atoms. The molecule has 1 aromatic heterocycles. The molecule has 0 bridgehead atoms. The second kappa shape index (κ2) is 6.49. The van der Waals surface area contributed by atoms with Crippen LogP contribution in [0.4, 0.5) is 0 Å². The van der Waals surface area contributed by atoms with Gasteiger partial charge in [-0.2, -0.15) is 0 Å². The zero-order valence-electron chi connectivity index (χ0n) is 13.7. The van der Waals surface area contributed by atoms with Gasteiger partial charge in [-0.15, -0.1) is 11.3 Å². The minimum absolute atomic E-state index is 0.118. The monoisotopic (exact) mass is 335 g/mol. The Labute approximate surface area is 141 Å². The van der Waals surface area contributed by atoms with Crippen molar-refractivity contribution in [2.45, 2.75) is 51.4 Å². The smallest absolute Gasteiger partial charge is 0.222 e. The van der Waals surface area contributed by atoms with Gasteiger partial charge in [-0.1, -0.05) is 0 Å². The fourth-order valence-electron chi connectivity index (χ4n) is 3.78. The molecule has 3 fully saturated rings. The molecule has 3 heterocycles. The number of rotatable bonds is 6. The third-order valence-electron chi connectivity index (χ3n) is 5.14. The van der Waals surface area contributed by atoms with E-state index in [9.17, 15) is 4.79 Å². The number of nitrogens with one attached hydrogen (secondary N) is 1. The Hall–Kier alpha value is -0.980. The molecule has 0 unspecified atom stereocenters. The number of amides is 1. The Morgan fingerprint density at radius 3 is 3.04 bits per heavy atom. The first kappa shape index (κ1) is 15.5. The summed E-state index contributed by atoms with van der Waals surface area (Å²) in [5.41, 5.74) is 1.17. The molecule has 3 aliphatic rings. The highest BCUT2D eigenvalue weighted by Crippen LogP contribution is 2.35. The van der Waals surface area contributed by atoms with Crippen LogP contribution in [-0.4, -0.2) is 47.6 Å². The lowest BCUT2D eigenvalue weighted by Crippen LogP contribution is -2.30. The summed E-state index contributed by atoms with van der Waals surface area (Å²) < 4.78 is 6.13. The highest BCUT2D eigenvalue weighted by molar-refractivity contribution is 7.09. The van der Waals surface area contributed by atoms with Gasteiger partial charge in [0.1, 0.15) is 0 Å². The molecule has 0 aromatic carbocycles. The molecule has 0 spiro atoms. The second-order valence-corrected chi connectivity index (χ2v) is 8.36. The Morgan fingerprint density at radius 2 is 2.35 bits per heavy atom. The van der Waals surface area contributed by atoms with Crippen LogP contribution in [0.3, 0.4) is 0 Å². The van der Waals surface area contributed by atoms with Gasteiger partial charge in [0.25, 0.3) is 0 Å². The van der Waals surface area contributed by atoms with E-state index in [-0.39, 0.29) is 12.0 Å². The van der Waals surface area contributed by atoms with Gasteiger partial charge < -0.3 is 10.1 Å². The van der Waals surface area contributed by atoms with E-state index in [0.29, 0.717) is 18.4 Å². The van der Waals surface area contributed by atoms with E-state index in [1.165, 1.54) is 18.5 Å².